The number of nitrogens with zero attached hydrogens (tertiary/aromatic N) is 2. The summed E-state index contributed by atoms with van der Waals surface area (Å²) in [4.78, 5) is 32.3. The molecule has 1 aliphatic heterocycles. The third-order valence-corrected chi connectivity index (χ3v) is 6.32. The number of hydrogen-bond acceptors (Lipinski definition) is 4. The summed E-state index contributed by atoms with van der Waals surface area (Å²) in [5.41, 5.74) is 3.17. The van der Waals surface area contributed by atoms with Gasteiger partial charge in [-0.05, 0) is 42.4 Å². The molecule has 0 unspecified atom stereocenters. The van der Waals surface area contributed by atoms with Gasteiger partial charge in [0.05, 0.1) is 18.2 Å². The maximum absolute atomic E-state index is 12.7. The van der Waals surface area contributed by atoms with Crippen molar-refractivity contribution < 1.29 is 9.59 Å². The van der Waals surface area contributed by atoms with Gasteiger partial charge in [0.15, 0.2) is 5.13 Å². The average molecular weight is 382 g/mol. The first-order valence-corrected chi connectivity index (χ1v) is 10.2. The maximum Gasteiger partial charge on any atom is 0.228 e. The molecule has 140 valence electrons. The van der Waals surface area contributed by atoms with Gasteiger partial charge in [-0.3, -0.25) is 9.59 Å². The van der Waals surface area contributed by atoms with Crippen LogP contribution in [0.5, 0.6) is 0 Å². The molecule has 6 heteroatoms. The number of hydrogen-bond donors (Lipinski definition) is 1. The van der Waals surface area contributed by atoms with Crippen LogP contribution in [0.2, 0.25) is 0 Å². The van der Waals surface area contributed by atoms with E-state index < -0.39 is 0 Å². The summed E-state index contributed by atoms with van der Waals surface area (Å²) in [6.45, 7) is 3.78. The number of aryl methyl sites for hydroxylation is 1. The number of benzene rings is 1. The summed E-state index contributed by atoms with van der Waals surface area (Å²) < 4.78 is 0. The van der Waals surface area contributed by atoms with Gasteiger partial charge in [-0.25, -0.2) is 4.98 Å². The van der Waals surface area contributed by atoms with Crippen LogP contribution in [0.1, 0.15) is 54.4 Å². The summed E-state index contributed by atoms with van der Waals surface area (Å²) in [5.74, 6) is 0.490. The zero-order valence-corrected chi connectivity index (χ0v) is 16.4. The minimum absolute atomic E-state index is 0.0720. The number of fused-ring (bicyclic) bond motifs is 2. The number of amides is 2. The van der Waals surface area contributed by atoms with Crippen molar-refractivity contribution in [3.8, 4) is 0 Å². The van der Waals surface area contributed by atoms with E-state index >= 15 is 0 Å². The highest BCUT2D eigenvalue weighted by Gasteiger charge is 2.29. The molecule has 0 radical (unpaired) electrons. The topological polar surface area (TPSA) is 62.3 Å². The fraction of sp³-hybridized carbons (Fsp3) is 0.381. The van der Waals surface area contributed by atoms with Crippen molar-refractivity contribution >= 4 is 34.4 Å². The van der Waals surface area contributed by atoms with Crippen molar-refractivity contribution in [2.45, 2.75) is 45.6 Å². The van der Waals surface area contributed by atoms with E-state index in [1.807, 2.05) is 30.3 Å². The Morgan fingerprint density at radius 2 is 2.15 bits per heavy atom. The SMILES string of the molecule is CC(=O)N1C=Cc2ccccc2[C@H]1CC(=O)Nc1nc2c(s1)C[C@@H](C)CC2. The van der Waals surface area contributed by atoms with Crippen LogP contribution in [0.15, 0.2) is 30.5 Å². The molecule has 0 fully saturated rings. The minimum atomic E-state index is -0.293. The molecule has 1 N–H and O–H groups in total. The Balaban J connectivity index is 1.51. The van der Waals surface area contributed by atoms with E-state index in [0.717, 1.165) is 36.1 Å². The van der Waals surface area contributed by atoms with E-state index in [1.54, 1.807) is 22.4 Å². The van der Waals surface area contributed by atoms with Crippen LogP contribution in [-0.4, -0.2) is 21.7 Å². The number of carbonyl (C=O) groups excluding carboxylic acids is 2. The Morgan fingerprint density at radius 1 is 1.33 bits per heavy atom. The van der Waals surface area contributed by atoms with E-state index in [4.69, 9.17) is 0 Å². The second-order valence-corrected chi connectivity index (χ2v) is 8.46. The first kappa shape index (κ1) is 17.9. The molecule has 0 saturated carbocycles. The highest BCUT2D eigenvalue weighted by Crippen LogP contribution is 2.35. The van der Waals surface area contributed by atoms with E-state index in [2.05, 4.69) is 17.2 Å². The van der Waals surface area contributed by atoms with Crippen LogP contribution < -0.4 is 5.32 Å². The van der Waals surface area contributed by atoms with Crippen LogP contribution in [0.4, 0.5) is 5.13 Å². The van der Waals surface area contributed by atoms with Crippen molar-refractivity contribution in [2.75, 3.05) is 5.32 Å². The lowest BCUT2D eigenvalue weighted by Crippen LogP contribution is -2.33. The monoisotopic (exact) mass is 381 g/mol. The van der Waals surface area contributed by atoms with Crippen molar-refractivity contribution in [2.24, 2.45) is 5.92 Å². The van der Waals surface area contributed by atoms with Gasteiger partial charge in [0.2, 0.25) is 11.8 Å². The number of nitrogens with one attached hydrogen (secondary N) is 1. The lowest BCUT2D eigenvalue weighted by Gasteiger charge is -2.32. The van der Waals surface area contributed by atoms with Crippen molar-refractivity contribution in [3.63, 3.8) is 0 Å². The smallest absolute Gasteiger partial charge is 0.228 e. The summed E-state index contributed by atoms with van der Waals surface area (Å²) in [6, 6.07) is 7.60. The molecule has 1 aliphatic carbocycles. The standard InChI is InChI=1S/C21H23N3O2S/c1-13-7-8-17-19(11-13)27-21(22-17)23-20(26)12-18-16-6-4-3-5-15(16)9-10-24(18)14(2)25/h3-6,9-10,13,18H,7-8,11-12H2,1-2H3,(H,22,23,26)/t13-,18+/m0/s1. The summed E-state index contributed by atoms with van der Waals surface area (Å²) >= 11 is 1.58. The number of carbonyl (C=O) groups is 2. The lowest BCUT2D eigenvalue weighted by atomic mass is 9.93. The molecule has 1 aromatic heterocycles. The number of rotatable bonds is 3. The maximum atomic E-state index is 12.7. The van der Waals surface area contributed by atoms with Crippen molar-refractivity contribution in [1.82, 2.24) is 9.88 Å². The Hall–Kier alpha value is -2.47. The van der Waals surface area contributed by atoms with Gasteiger partial charge in [-0.1, -0.05) is 31.2 Å². The summed E-state index contributed by atoms with van der Waals surface area (Å²) in [5, 5.41) is 3.63. The van der Waals surface area contributed by atoms with Crippen LogP contribution in [0, 0.1) is 5.92 Å². The fourth-order valence-electron chi connectivity index (χ4n) is 3.85. The van der Waals surface area contributed by atoms with Gasteiger partial charge < -0.3 is 10.2 Å². The summed E-state index contributed by atoms with van der Waals surface area (Å²) in [6.07, 6.45) is 7.08. The lowest BCUT2D eigenvalue weighted by molar-refractivity contribution is -0.129. The van der Waals surface area contributed by atoms with Gasteiger partial charge in [0.1, 0.15) is 0 Å². The average Bonchev–Trinajstić information content (AvgIpc) is 3.02. The Bertz CT molecular complexity index is 918. The molecule has 5 nitrogen and oxygen atoms in total. The van der Waals surface area contributed by atoms with E-state index in [1.165, 1.54) is 11.8 Å². The minimum Gasteiger partial charge on any atom is -0.311 e. The fourth-order valence-corrected chi connectivity index (χ4v) is 5.04. The van der Waals surface area contributed by atoms with Gasteiger partial charge in [0, 0.05) is 18.0 Å². The number of anilines is 1. The molecular weight excluding hydrogens is 358 g/mol. The van der Waals surface area contributed by atoms with Gasteiger partial charge in [0.25, 0.3) is 0 Å². The summed E-state index contributed by atoms with van der Waals surface area (Å²) in [7, 11) is 0. The first-order chi connectivity index (χ1) is 13.0. The van der Waals surface area contributed by atoms with Crippen LogP contribution >= 0.6 is 11.3 Å². The Kier molecular flexibility index (Phi) is 4.83. The third kappa shape index (κ3) is 3.67. The second kappa shape index (κ2) is 7.27. The zero-order valence-electron chi connectivity index (χ0n) is 15.6. The van der Waals surface area contributed by atoms with Gasteiger partial charge >= 0.3 is 0 Å². The largest absolute Gasteiger partial charge is 0.311 e. The van der Waals surface area contributed by atoms with Gasteiger partial charge in [-0.15, -0.1) is 11.3 Å². The quantitative estimate of drug-likeness (QED) is 0.868. The molecule has 2 atom stereocenters. The van der Waals surface area contributed by atoms with Crippen molar-refractivity contribution in [1.29, 1.82) is 0 Å². The molecule has 0 bridgehead atoms. The molecule has 4 rings (SSSR count). The van der Waals surface area contributed by atoms with E-state index in [0.29, 0.717) is 11.0 Å². The van der Waals surface area contributed by atoms with E-state index in [-0.39, 0.29) is 24.3 Å². The van der Waals surface area contributed by atoms with Crippen molar-refractivity contribution in [3.05, 3.63) is 52.2 Å². The molecule has 0 spiro atoms. The Labute approximate surface area is 163 Å². The van der Waals surface area contributed by atoms with Crippen LogP contribution in [-0.2, 0) is 22.4 Å². The zero-order chi connectivity index (χ0) is 19.0. The molecule has 0 saturated heterocycles. The van der Waals surface area contributed by atoms with Crippen LogP contribution in [0.3, 0.4) is 0 Å². The number of aromatic nitrogens is 1. The molecule has 2 aromatic rings. The van der Waals surface area contributed by atoms with Gasteiger partial charge in [-0.2, -0.15) is 0 Å². The molecule has 2 aliphatic rings. The molecule has 27 heavy (non-hydrogen) atoms. The van der Waals surface area contributed by atoms with E-state index in [9.17, 15) is 9.59 Å². The third-order valence-electron chi connectivity index (χ3n) is 5.28. The first-order valence-electron chi connectivity index (χ1n) is 9.35. The highest BCUT2D eigenvalue weighted by atomic mass is 32.1. The molecule has 2 amide bonds. The predicted octanol–water partition coefficient (Wildman–Crippen LogP) is 4.17. The molecular formula is C21H23N3O2S. The normalized spacial score (nSPS) is 20.7. The Morgan fingerprint density at radius 3 is 2.96 bits per heavy atom. The highest BCUT2D eigenvalue weighted by molar-refractivity contribution is 7.15. The predicted molar refractivity (Wildman–Crippen MR) is 107 cm³/mol. The second-order valence-electron chi connectivity index (χ2n) is 7.38. The molecule has 2 heterocycles. The number of thiazole rings is 1. The van der Waals surface area contributed by atoms with Crippen LogP contribution in [0.25, 0.3) is 6.08 Å². The molecule has 1 aromatic carbocycles.